The van der Waals surface area contributed by atoms with Gasteiger partial charge >= 0.3 is 6.09 Å². The molecule has 5 unspecified atom stereocenters. The van der Waals surface area contributed by atoms with Crippen LogP contribution in [0.5, 0.6) is 5.75 Å². The van der Waals surface area contributed by atoms with E-state index in [9.17, 15) is 33.0 Å². The molecular formula is C32H44B2F3NO5S. The molecule has 3 N–H and O–H groups in total. The molecule has 3 aliphatic carbocycles. The Balaban J connectivity index is 0.000000301. The van der Waals surface area contributed by atoms with Crippen molar-refractivity contribution >= 4 is 39.3 Å². The Morgan fingerprint density at radius 2 is 1.86 bits per heavy atom. The van der Waals surface area contributed by atoms with Crippen molar-refractivity contribution in [2.24, 2.45) is 17.3 Å². The first-order valence-electron chi connectivity index (χ1n) is 15.3. The highest BCUT2D eigenvalue weighted by atomic mass is 32.2. The predicted molar refractivity (Wildman–Crippen MR) is 169 cm³/mol. The van der Waals surface area contributed by atoms with Crippen LogP contribution in [0, 0.1) is 17.3 Å². The molecule has 0 spiro atoms. The minimum absolute atomic E-state index is 0.119. The van der Waals surface area contributed by atoms with E-state index in [2.05, 4.69) is 32.7 Å². The summed E-state index contributed by atoms with van der Waals surface area (Å²) < 4.78 is 43.3. The summed E-state index contributed by atoms with van der Waals surface area (Å²) >= 11 is 1.43. The van der Waals surface area contributed by atoms with Crippen molar-refractivity contribution in [3.05, 3.63) is 40.8 Å². The molecule has 12 heteroatoms. The van der Waals surface area contributed by atoms with Crippen molar-refractivity contribution < 1.29 is 37.7 Å². The highest BCUT2D eigenvalue weighted by molar-refractivity contribution is 8.03. The zero-order valence-corrected chi connectivity index (χ0v) is 26.8. The van der Waals surface area contributed by atoms with E-state index in [1.807, 2.05) is 19.1 Å². The molecule has 0 aromatic heterocycles. The fourth-order valence-corrected chi connectivity index (χ4v) is 7.50. The second-order valence-electron chi connectivity index (χ2n) is 12.9. The van der Waals surface area contributed by atoms with E-state index < -0.39 is 29.4 Å². The third-order valence-electron chi connectivity index (χ3n) is 9.66. The molecule has 4 radical (unpaired) electrons. The fraction of sp³-hybridized carbons (Fsp3) is 0.688. The molecule has 1 amide bonds. The Morgan fingerprint density at radius 3 is 2.48 bits per heavy atom. The molecule has 1 aromatic rings. The number of halogens is 3. The number of alkyl halides is 3. The topological polar surface area (TPSA) is 95.9 Å². The number of carbonyl (C=O) groups excluding carboxylic acids is 2. The summed E-state index contributed by atoms with van der Waals surface area (Å²) in [5.41, 5.74) is -1.80. The number of fused-ring (bicyclic) bond motifs is 5. The van der Waals surface area contributed by atoms with Gasteiger partial charge in [0, 0.05) is 11.8 Å². The van der Waals surface area contributed by atoms with Crippen LogP contribution in [0.2, 0.25) is 0 Å². The molecule has 1 aromatic carbocycles. The minimum atomic E-state index is -3.99. The first-order valence-corrected chi connectivity index (χ1v) is 16.3. The van der Waals surface area contributed by atoms with Gasteiger partial charge in [-0.25, -0.2) is 18.0 Å². The van der Waals surface area contributed by atoms with Crippen LogP contribution in [0.15, 0.2) is 29.7 Å². The van der Waals surface area contributed by atoms with Gasteiger partial charge in [-0.05, 0) is 110 Å². The van der Waals surface area contributed by atoms with Crippen LogP contribution >= 0.6 is 11.8 Å². The highest BCUT2D eigenvalue weighted by Gasteiger charge is 2.54. The maximum Gasteiger partial charge on any atom is 0.413 e. The minimum Gasteiger partial charge on any atom is -0.410 e. The summed E-state index contributed by atoms with van der Waals surface area (Å²) in [6.07, 6.45) is 5.69. The van der Waals surface area contributed by atoms with Gasteiger partial charge < -0.3 is 20.3 Å². The lowest BCUT2D eigenvalue weighted by Gasteiger charge is -2.48. The van der Waals surface area contributed by atoms with Gasteiger partial charge in [0.15, 0.2) is 7.85 Å². The number of aliphatic hydroxyl groups is 2. The second-order valence-corrected chi connectivity index (χ2v) is 14.2. The molecule has 44 heavy (non-hydrogen) atoms. The Kier molecular flexibility index (Phi) is 12.2. The number of rotatable bonds is 11. The van der Waals surface area contributed by atoms with Crippen LogP contribution in [-0.2, 0) is 11.2 Å². The van der Waals surface area contributed by atoms with E-state index in [0.29, 0.717) is 35.0 Å². The number of allylic oxidation sites excluding steroid dienone is 1. The summed E-state index contributed by atoms with van der Waals surface area (Å²) in [4.78, 5) is 25.5. The number of ether oxygens (including phenoxy) is 1. The largest absolute Gasteiger partial charge is 0.413 e. The van der Waals surface area contributed by atoms with Crippen LogP contribution < -0.4 is 10.1 Å². The SMILES string of the molecule is CC(CO)(CO)NC(=O)Oc1ccc2c(c1)CCC1C2CCC2(C)C(=O)CCC12.[B]C(F)(F)C([B])(F)CCCSC(=C)CC. The number of Topliss-reactive ketones (excluding diaryl/α,β-unsaturated/α-hetero) is 1. The molecule has 240 valence electrons. The Bertz CT molecular complexity index is 1190. The number of hydrogen-bond acceptors (Lipinski definition) is 6. The molecule has 0 aliphatic heterocycles. The van der Waals surface area contributed by atoms with Crippen LogP contribution in [0.25, 0.3) is 0 Å². The van der Waals surface area contributed by atoms with Gasteiger partial charge in [0.1, 0.15) is 24.9 Å². The number of hydrogen-bond donors (Lipinski definition) is 3. The Labute approximate surface area is 266 Å². The number of nitrogens with one attached hydrogen (secondary N) is 1. The van der Waals surface area contributed by atoms with E-state index in [0.717, 1.165) is 49.9 Å². The van der Waals surface area contributed by atoms with E-state index >= 15 is 0 Å². The smallest absolute Gasteiger partial charge is 0.410 e. The quantitative estimate of drug-likeness (QED) is 0.206. The Hall–Kier alpha value is -1.91. The monoisotopic (exact) mass is 633 g/mol. The predicted octanol–water partition coefficient (Wildman–Crippen LogP) is 5.96. The summed E-state index contributed by atoms with van der Waals surface area (Å²) in [6, 6.07) is 5.84. The lowest BCUT2D eigenvalue weighted by molar-refractivity contribution is -0.129. The van der Waals surface area contributed by atoms with Crippen molar-refractivity contribution in [1.82, 2.24) is 5.32 Å². The van der Waals surface area contributed by atoms with Gasteiger partial charge in [-0.3, -0.25) is 4.79 Å². The molecule has 6 nitrogen and oxygen atoms in total. The van der Waals surface area contributed by atoms with Gasteiger partial charge in [0.05, 0.1) is 18.8 Å². The van der Waals surface area contributed by atoms with Crippen LogP contribution in [-0.4, -0.2) is 73.7 Å². The van der Waals surface area contributed by atoms with Crippen molar-refractivity contribution in [2.75, 3.05) is 19.0 Å². The number of aliphatic hydroxyl groups excluding tert-OH is 2. The summed E-state index contributed by atoms with van der Waals surface area (Å²) in [5.74, 6) is -0.993. The normalized spacial score (nSPS) is 25.8. The van der Waals surface area contributed by atoms with Gasteiger partial charge in [-0.2, -0.15) is 0 Å². The zero-order chi connectivity index (χ0) is 32.9. The van der Waals surface area contributed by atoms with E-state index in [-0.39, 0.29) is 25.0 Å². The third-order valence-corrected chi connectivity index (χ3v) is 10.8. The van der Waals surface area contributed by atoms with Crippen molar-refractivity contribution in [3.8, 4) is 5.75 Å². The lowest BCUT2D eigenvalue weighted by Crippen LogP contribution is -2.52. The molecule has 2 saturated carbocycles. The zero-order valence-electron chi connectivity index (χ0n) is 26.0. The fourth-order valence-electron chi connectivity index (χ4n) is 6.72. The maximum atomic E-state index is 13.1. The average molecular weight is 633 g/mol. The third kappa shape index (κ3) is 8.46. The first-order chi connectivity index (χ1) is 20.5. The molecule has 4 rings (SSSR count). The first kappa shape index (κ1) is 36.6. The van der Waals surface area contributed by atoms with Gasteiger partial charge in [0.2, 0.25) is 5.82 Å². The second kappa shape index (κ2) is 14.7. The highest BCUT2D eigenvalue weighted by Crippen LogP contribution is 2.59. The number of amides is 1. The summed E-state index contributed by atoms with van der Waals surface area (Å²) in [7, 11) is 9.09. The van der Waals surface area contributed by atoms with Crippen LogP contribution in [0.4, 0.5) is 18.0 Å². The molecule has 2 fully saturated rings. The molecule has 0 bridgehead atoms. The number of thioether (sulfide) groups is 1. The van der Waals surface area contributed by atoms with Gasteiger partial charge in [-0.15, -0.1) is 11.8 Å². The van der Waals surface area contributed by atoms with E-state index in [1.54, 1.807) is 6.92 Å². The maximum absolute atomic E-state index is 13.1. The summed E-state index contributed by atoms with van der Waals surface area (Å²) in [5, 5.41) is 21.1. The molecule has 5 atom stereocenters. The number of ketones is 1. The van der Waals surface area contributed by atoms with Gasteiger partial charge in [0.25, 0.3) is 0 Å². The molecular weight excluding hydrogens is 589 g/mol. The molecule has 0 saturated heterocycles. The standard InChI is InChI=1S/C23H31NO5.C9H13B2F3S/c1-22(12-25,13-26)24-21(28)29-15-4-6-16-14(11-15)3-5-18-17(16)9-10-23(2)19(18)7-8-20(23)27;1-3-7(2)15-6-4-5-8(10,12)9(11,13)14/h4,6,11,17-19,25-26H,3,5,7-10,12-13H2,1-2H3,(H,24,28);2-6H2,1H3. The van der Waals surface area contributed by atoms with Crippen molar-refractivity contribution in [3.63, 3.8) is 0 Å². The Morgan fingerprint density at radius 1 is 1.18 bits per heavy atom. The lowest BCUT2D eigenvalue weighted by atomic mass is 9.55. The number of carbonyl (C=O) groups is 2. The van der Waals surface area contributed by atoms with Crippen molar-refractivity contribution in [2.45, 2.75) is 101 Å². The van der Waals surface area contributed by atoms with Crippen molar-refractivity contribution in [1.29, 1.82) is 0 Å². The van der Waals surface area contributed by atoms with Gasteiger partial charge in [-0.1, -0.05) is 26.5 Å². The van der Waals surface area contributed by atoms with E-state index in [1.165, 1.54) is 22.9 Å². The number of benzene rings is 1. The molecule has 3 aliphatic rings. The van der Waals surface area contributed by atoms with Crippen LogP contribution in [0.3, 0.4) is 0 Å². The average Bonchev–Trinajstić information content (AvgIpc) is 3.28. The van der Waals surface area contributed by atoms with E-state index in [4.69, 9.17) is 12.6 Å². The summed E-state index contributed by atoms with van der Waals surface area (Å²) in [6.45, 7) is 8.63. The number of aryl methyl sites for hydroxylation is 1. The molecule has 0 heterocycles. The van der Waals surface area contributed by atoms with Crippen LogP contribution in [0.1, 0.15) is 89.2 Å².